The first-order valence-electron chi connectivity index (χ1n) is 6.16. The highest BCUT2D eigenvalue weighted by atomic mass is 35.5. The van der Waals surface area contributed by atoms with Crippen LogP contribution in [-0.2, 0) is 9.53 Å². The number of carbonyl (C=O) groups excluding carboxylic acids is 1. The van der Waals surface area contributed by atoms with Crippen LogP contribution in [0.15, 0.2) is 23.4 Å². The normalized spacial score (nSPS) is 26.4. The maximum atomic E-state index is 11.9. The van der Waals surface area contributed by atoms with Crippen LogP contribution in [0.2, 0.25) is 5.02 Å². The molecular weight excluding hydrogens is 284 g/mol. The first kappa shape index (κ1) is 14.6. The number of pyridine rings is 1. The van der Waals surface area contributed by atoms with E-state index in [0.29, 0.717) is 10.3 Å². The summed E-state index contributed by atoms with van der Waals surface area (Å²) in [5.74, 6) is -0.190. The standard InChI is InChI=1S/C13H17ClN2O2S/c1-15-13(12(17)18-2)6-5-9(8-13)19-11-10(14)4-3-7-16-11/h3-4,7,9,15H,5-6,8H2,1-2H3. The van der Waals surface area contributed by atoms with Crippen molar-refractivity contribution in [3.05, 3.63) is 23.4 Å². The molecule has 1 N–H and O–H groups in total. The number of esters is 1. The maximum Gasteiger partial charge on any atom is 0.326 e. The van der Waals surface area contributed by atoms with Crippen molar-refractivity contribution in [3.8, 4) is 0 Å². The summed E-state index contributed by atoms with van der Waals surface area (Å²) >= 11 is 7.74. The van der Waals surface area contributed by atoms with Gasteiger partial charge in [-0.3, -0.25) is 4.79 Å². The van der Waals surface area contributed by atoms with Crippen molar-refractivity contribution in [2.75, 3.05) is 14.2 Å². The summed E-state index contributed by atoms with van der Waals surface area (Å²) in [4.78, 5) is 16.2. The first-order chi connectivity index (χ1) is 9.11. The summed E-state index contributed by atoms with van der Waals surface area (Å²) < 4.78 is 4.90. The zero-order chi connectivity index (χ0) is 13.9. The van der Waals surface area contributed by atoms with Gasteiger partial charge in [0.25, 0.3) is 0 Å². The number of methoxy groups -OCH3 is 1. The monoisotopic (exact) mass is 300 g/mol. The molecule has 4 nitrogen and oxygen atoms in total. The third-order valence-corrected chi connectivity index (χ3v) is 5.23. The van der Waals surface area contributed by atoms with Crippen molar-refractivity contribution in [3.63, 3.8) is 0 Å². The van der Waals surface area contributed by atoms with Gasteiger partial charge in [-0.25, -0.2) is 4.98 Å². The van der Waals surface area contributed by atoms with Crippen molar-refractivity contribution < 1.29 is 9.53 Å². The molecule has 0 aromatic carbocycles. The van der Waals surface area contributed by atoms with Gasteiger partial charge in [0, 0.05) is 11.4 Å². The molecule has 0 bridgehead atoms. The number of halogens is 1. The number of aromatic nitrogens is 1. The van der Waals surface area contributed by atoms with Crippen molar-refractivity contribution in [2.24, 2.45) is 0 Å². The third kappa shape index (κ3) is 3.04. The second kappa shape index (κ2) is 6.11. The number of nitrogens with one attached hydrogen (secondary N) is 1. The molecule has 0 saturated heterocycles. The van der Waals surface area contributed by atoms with E-state index in [2.05, 4.69) is 10.3 Å². The molecule has 1 aromatic rings. The minimum atomic E-state index is -0.562. The van der Waals surface area contributed by atoms with Gasteiger partial charge in [0.1, 0.15) is 10.6 Å². The lowest BCUT2D eigenvalue weighted by Crippen LogP contribution is -2.49. The molecule has 2 atom stereocenters. The number of thioether (sulfide) groups is 1. The highest BCUT2D eigenvalue weighted by molar-refractivity contribution is 8.00. The van der Waals surface area contributed by atoms with Gasteiger partial charge >= 0.3 is 5.97 Å². The van der Waals surface area contributed by atoms with Crippen LogP contribution in [0.3, 0.4) is 0 Å². The van der Waals surface area contributed by atoms with Gasteiger partial charge in [0.05, 0.1) is 12.1 Å². The molecule has 2 unspecified atom stereocenters. The molecule has 1 fully saturated rings. The summed E-state index contributed by atoms with van der Waals surface area (Å²) in [6.07, 6.45) is 4.17. The van der Waals surface area contributed by atoms with E-state index in [1.165, 1.54) is 7.11 Å². The van der Waals surface area contributed by atoms with Crippen LogP contribution in [0, 0.1) is 0 Å². The number of likely N-dealkylation sites (N-methyl/N-ethyl adjacent to an activating group) is 1. The summed E-state index contributed by atoms with van der Waals surface area (Å²) in [6, 6.07) is 3.64. The Kier molecular flexibility index (Phi) is 4.71. The SMILES string of the molecule is CNC1(C(=O)OC)CCC(Sc2ncccc2Cl)C1. The Bertz CT molecular complexity index is 472. The van der Waals surface area contributed by atoms with Crippen LogP contribution >= 0.6 is 23.4 Å². The molecule has 19 heavy (non-hydrogen) atoms. The molecule has 0 radical (unpaired) electrons. The quantitative estimate of drug-likeness (QED) is 0.866. The maximum absolute atomic E-state index is 11.9. The summed E-state index contributed by atoms with van der Waals surface area (Å²) in [7, 11) is 3.23. The van der Waals surface area contributed by atoms with Crippen LogP contribution in [0.4, 0.5) is 0 Å². The lowest BCUT2D eigenvalue weighted by molar-refractivity contribution is -0.148. The largest absolute Gasteiger partial charge is 0.468 e. The average Bonchev–Trinajstić information content (AvgIpc) is 2.85. The minimum Gasteiger partial charge on any atom is -0.468 e. The van der Waals surface area contributed by atoms with Gasteiger partial charge in [-0.1, -0.05) is 11.6 Å². The van der Waals surface area contributed by atoms with E-state index >= 15 is 0 Å². The fourth-order valence-corrected chi connectivity index (χ4v) is 3.90. The number of hydrogen-bond donors (Lipinski definition) is 1. The van der Waals surface area contributed by atoms with E-state index in [1.54, 1.807) is 25.0 Å². The summed E-state index contributed by atoms with van der Waals surface area (Å²) in [6.45, 7) is 0. The fraction of sp³-hybridized carbons (Fsp3) is 0.538. The van der Waals surface area contributed by atoms with Crippen LogP contribution in [0.1, 0.15) is 19.3 Å². The Morgan fingerprint density at radius 2 is 2.47 bits per heavy atom. The highest BCUT2D eigenvalue weighted by Crippen LogP contribution is 2.41. The van der Waals surface area contributed by atoms with Crippen molar-refractivity contribution in [1.82, 2.24) is 10.3 Å². The second-order valence-electron chi connectivity index (χ2n) is 4.60. The Hall–Kier alpha value is -0.780. The highest BCUT2D eigenvalue weighted by Gasteiger charge is 2.45. The number of nitrogens with zero attached hydrogens (tertiary/aromatic N) is 1. The van der Waals surface area contributed by atoms with Crippen molar-refractivity contribution in [1.29, 1.82) is 0 Å². The van der Waals surface area contributed by atoms with E-state index in [1.807, 2.05) is 12.1 Å². The topological polar surface area (TPSA) is 51.2 Å². The van der Waals surface area contributed by atoms with Crippen LogP contribution in [0.25, 0.3) is 0 Å². The first-order valence-corrected chi connectivity index (χ1v) is 7.41. The predicted octanol–water partition coefficient (Wildman–Crippen LogP) is 2.51. The van der Waals surface area contributed by atoms with Crippen molar-refractivity contribution >= 4 is 29.3 Å². The van der Waals surface area contributed by atoms with Crippen LogP contribution in [0.5, 0.6) is 0 Å². The number of rotatable bonds is 4. The molecule has 0 aliphatic heterocycles. The van der Waals surface area contributed by atoms with Gasteiger partial charge in [0.15, 0.2) is 0 Å². The molecule has 104 valence electrons. The molecule has 1 heterocycles. The molecule has 0 amide bonds. The Labute approximate surface area is 122 Å². The Morgan fingerprint density at radius 1 is 1.68 bits per heavy atom. The zero-order valence-electron chi connectivity index (χ0n) is 11.0. The predicted molar refractivity (Wildman–Crippen MR) is 76.5 cm³/mol. The Morgan fingerprint density at radius 3 is 3.11 bits per heavy atom. The van der Waals surface area contributed by atoms with Gasteiger partial charge < -0.3 is 10.1 Å². The third-order valence-electron chi connectivity index (χ3n) is 3.53. The van der Waals surface area contributed by atoms with Gasteiger partial charge in [-0.05, 0) is 38.4 Å². The molecule has 1 aliphatic carbocycles. The van der Waals surface area contributed by atoms with E-state index in [0.717, 1.165) is 24.3 Å². The molecule has 1 aromatic heterocycles. The Balaban J connectivity index is 2.06. The van der Waals surface area contributed by atoms with Gasteiger partial charge in [-0.15, -0.1) is 11.8 Å². The molecule has 0 spiro atoms. The molecule has 1 saturated carbocycles. The second-order valence-corrected chi connectivity index (χ2v) is 6.29. The zero-order valence-corrected chi connectivity index (χ0v) is 12.6. The molecule has 1 aliphatic rings. The number of hydrogen-bond acceptors (Lipinski definition) is 5. The van der Waals surface area contributed by atoms with Crippen molar-refractivity contribution in [2.45, 2.75) is 35.1 Å². The van der Waals surface area contributed by atoms with E-state index in [9.17, 15) is 4.79 Å². The van der Waals surface area contributed by atoms with Gasteiger partial charge in [-0.2, -0.15) is 0 Å². The number of carbonyl (C=O) groups is 1. The minimum absolute atomic E-state index is 0.190. The average molecular weight is 301 g/mol. The molecular formula is C13H17ClN2O2S. The smallest absolute Gasteiger partial charge is 0.326 e. The molecule has 2 rings (SSSR count). The molecule has 6 heteroatoms. The van der Waals surface area contributed by atoms with Gasteiger partial charge in [0.2, 0.25) is 0 Å². The summed E-state index contributed by atoms with van der Waals surface area (Å²) in [5, 5.41) is 4.92. The van der Waals surface area contributed by atoms with Crippen LogP contribution in [-0.4, -0.2) is 35.9 Å². The lowest BCUT2D eigenvalue weighted by atomic mass is 9.98. The van der Waals surface area contributed by atoms with Crippen LogP contribution < -0.4 is 5.32 Å². The van der Waals surface area contributed by atoms with E-state index in [4.69, 9.17) is 16.3 Å². The fourth-order valence-electron chi connectivity index (χ4n) is 2.43. The van der Waals surface area contributed by atoms with E-state index < -0.39 is 5.54 Å². The lowest BCUT2D eigenvalue weighted by Gasteiger charge is -2.25. The summed E-state index contributed by atoms with van der Waals surface area (Å²) in [5.41, 5.74) is -0.562. The number of ether oxygens (including phenoxy) is 1. The van der Waals surface area contributed by atoms with E-state index in [-0.39, 0.29) is 5.97 Å².